The van der Waals surface area contributed by atoms with E-state index in [4.69, 9.17) is 4.74 Å². The van der Waals surface area contributed by atoms with Crippen LogP contribution in [0.4, 0.5) is 0 Å². The normalized spacial score (nSPS) is 19.9. The van der Waals surface area contributed by atoms with E-state index >= 15 is 0 Å². The fourth-order valence-electron chi connectivity index (χ4n) is 3.26. The van der Waals surface area contributed by atoms with E-state index in [-0.39, 0.29) is 6.10 Å². The fraction of sp³-hybridized carbons (Fsp3) is 0.526. The molecule has 0 spiro atoms. The zero-order chi connectivity index (χ0) is 16.1. The topological polar surface area (TPSA) is 30.3 Å². The summed E-state index contributed by atoms with van der Waals surface area (Å²) in [6, 6.07) is 10.7. The third-order valence-electron chi connectivity index (χ3n) is 4.35. The smallest absolute Gasteiger partial charge is 0.111 e. The number of benzene rings is 1. The molecule has 2 aromatic rings. The van der Waals surface area contributed by atoms with Crippen LogP contribution in [-0.2, 0) is 17.8 Å². The van der Waals surface area contributed by atoms with Crippen LogP contribution in [0.3, 0.4) is 0 Å². The van der Waals surface area contributed by atoms with Gasteiger partial charge in [-0.3, -0.25) is 4.90 Å². The summed E-state index contributed by atoms with van der Waals surface area (Å²) in [5.41, 5.74) is 1.37. The zero-order valence-corrected chi connectivity index (χ0v) is 14.2. The molecule has 0 bridgehead atoms. The Bertz CT molecular complexity index is 594. The molecule has 1 atom stereocenters. The minimum Gasteiger partial charge on any atom is -0.375 e. The molecule has 4 nitrogen and oxygen atoms in total. The number of aromatic nitrogens is 2. The molecule has 0 N–H and O–H groups in total. The van der Waals surface area contributed by atoms with Crippen LogP contribution in [-0.4, -0.2) is 40.3 Å². The molecule has 0 radical (unpaired) electrons. The van der Waals surface area contributed by atoms with Crippen molar-refractivity contribution in [3.63, 3.8) is 0 Å². The molecule has 0 aliphatic carbocycles. The van der Waals surface area contributed by atoms with Crippen molar-refractivity contribution < 1.29 is 4.74 Å². The van der Waals surface area contributed by atoms with Crippen molar-refractivity contribution in [1.29, 1.82) is 0 Å². The second-order valence-electron chi connectivity index (χ2n) is 6.66. The Kier molecular flexibility index (Phi) is 5.47. The van der Waals surface area contributed by atoms with Crippen LogP contribution in [0.1, 0.15) is 37.6 Å². The van der Waals surface area contributed by atoms with Crippen LogP contribution in [0.25, 0.3) is 0 Å². The highest BCUT2D eigenvalue weighted by Gasteiger charge is 2.20. The number of ether oxygens (including phenoxy) is 1. The van der Waals surface area contributed by atoms with Gasteiger partial charge in [-0.15, -0.1) is 0 Å². The molecular weight excluding hydrogens is 286 g/mol. The van der Waals surface area contributed by atoms with Gasteiger partial charge in [-0.2, -0.15) is 0 Å². The quantitative estimate of drug-likeness (QED) is 0.848. The van der Waals surface area contributed by atoms with Crippen LogP contribution in [0.5, 0.6) is 0 Å². The van der Waals surface area contributed by atoms with Crippen molar-refractivity contribution >= 4 is 0 Å². The van der Waals surface area contributed by atoms with Gasteiger partial charge in [0.05, 0.1) is 12.6 Å². The van der Waals surface area contributed by atoms with Gasteiger partial charge in [0.25, 0.3) is 0 Å². The average Bonchev–Trinajstić information content (AvgIpc) is 2.89. The van der Waals surface area contributed by atoms with Gasteiger partial charge in [-0.05, 0) is 12.0 Å². The van der Waals surface area contributed by atoms with E-state index in [1.807, 2.05) is 6.20 Å². The SMILES string of the molecule is CC(C)c1nccn1C[C@H]1CN(Cc2ccccc2)CCCO1. The summed E-state index contributed by atoms with van der Waals surface area (Å²) in [6.07, 6.45) is 5.30. The van der Waals surface area contributed by atoms with E-state index in [1.54, 1.807) is 0 Å². The fourth-order valence-corrected chi connectivity index (χ4v) is 3.26. The van der Waals surface area contributed by atoms with Gasteiger partial charge in [0.15, 0.2) is 0 Å². The standard InChI is InChI=1S/C19H27N3O/c1-16(2)19-20-9-11-22(19)15-18-14-21(10-6-12-23-18)13-17-7-4-3-5-8-17/h3-5,7-9,11,16,18H,6,10,12-15H2,1-2H3/t18-/m1/s1. The molecule has 4 heteroatoms. The first-order valence-electron chi connectivity index (χ1n) is 8.61. The first-order valence-corrected chi connectivity index (χ1v) is 8.61. The lowest BCUT2D eigenvalue weighted by Crippen LogP contribution is -2.34. The van der Waals surface area contributed by atoms with E-state index in [1.165, 1.54) is 5.56 Å². The van der Waals surface area contributed by atoms with Crippen LogP contribution < -0.4 is 0 Å². The summed E-state index contributed by atoms with van der Waals surface area (Å²) in [5.74, 6) is 1.59. The molecule has 0 amide bonds. The van der Waals surface area contributed by atoms with E-state index in [2.05, 4.69) is 64.8 Å². The van der Waals surface area contributed by atoms with E-state index < -0.39 is 0 Å². The number of imidazole rings is 1. The Morgan fingerprint density at radius 2 is 2.09 bits per heavy atom. The van der Waals surface area contributed by atoms with Gasteiger partial charge in [0.2, 0.25) is 0 Å². The van der Waals surface area contributed by atoms with Gasteiger partial charge in [0.1, 0.15) is 5.82 Å². The highest BCUT2D eigenvalue weighted by molar-refractivity contribution is 5.14. The Morgan fingerprint density at radius 1 is 1.26 bits per heavy atom. The van der Waals surface area contributed by atoms with Crippen molar-refractivity contribution in [2.75, 3.05) is 19.7 Å². The highest BCUT2D eigenvalue weighted by atomic mass is 16.5. The number of hydrogen-bond acceptors (Lipinski definition) is 3. The third kappa shape index (κ3) is 4.43. The van der Waals surface area contributed by atoms with E-state index in [0.717, 1.165) is 45.0 Å². The number of rotatable bonds is 5. The second-order valence-corrected chi connectivity index (χ2v) is 6.66. The molecule has 0 unspecified atom stereocenters. The second kappa shape index (κ2) is 7.75. The van der Waals surface area contributed by atoms with Crippen LogP contribution in [0, 0.1) is 0 Å². The van der Waals surface area contributed by atoms with Gasteiger partial charge in [0, 0.05) is 44.6 Å². The summed E-state index contributed by atoms with van der Waals surface area (Å²) >= 11 is 0. The Morgan fingerprint density at radius 3 is 2.87 bits per heavy atom. The monoisotopic (exact) mass is 313 g/mol. The minimum absolute atomic E-state index is 0.230. The molecule has 1 fully saturated rings. The number of hydrogen-bond donors (Lipinski definition) is 0. The van der Waals surface area contributed by atoms with Crippen molar-refractivity contribution in [2.24, 2.45) is 0 Å². The van der Waals surface area contributed by atoms with Crippen molar-refractivity contribution in [3.05, 3.63) is 54.1 Å². The van der Waals surface area contributed by atoms with Crippen LogP contribution in [0.2, 0.25) is 0 Å². The van der Waals surface area contributed by atoms with Crippen LogP contribution in [0.15, 0.2) is 42.7 Å². The summed E-state index contributed by atoms with van der Waals surface area (Å²) in [7, 11) is 0. The predicted molar refractivity (Wildman–Crippen MR) is 92.4 cm³/mol. The molecule has 0 saturated carbocycles. The molecular formula is C19H27N3O. The van der Waals surface area contributed by atoms with Gasteiger partial charge < -0.3 is 9.30 Å². The lowest BCUT2D eigenvalue weighted by molar-refractivity contribution is 0.0408. The molecule has 124 valence electrons. The molecule has 1 aromatic heterocycles. The molecule has 1 aliphatic rings. The van der Waals surface area contributed by atoms with Crippen molar-refractivity contribution in [1.82, 2.24) is 14.5 Å². The van der Waals surface area contributed by atoms with Crippen molar-refractivity contribution in [2.45, 2.75) is 45.4 Å². The molecule has 3 rings (SSSR count). The predicted octanol–water partition coefficient (Wildman–Crippen LogP) is 3.30. The van der Waals surface area contributed by atoms with Gasteiger partial charge >= 0.3 is 0 Å². The van der Waals surface area contributed by atoms with E-state index in [9.17, 15) is 0 Å². The maximum Gasteiger partial charge on any atom is 0.111 e. The first-order chi connectivity index (χ1) is 11.2. The molecule has 2 heterocycles. The van der Waals surface area contributed by atoms with Crippen molar-refractivity contribution in [3.8, 4) is 0 Å². The first kappa shape index (κ1) is 16.2. The summed E-state index contributed by atoms with van der Waals surface area (Å²) in [6.45, 7) is 9.20. The summed E-state index contributed by atoms with van der Waals surface area (Å²) < 4.78 is 8.34. The maximum atomic E-state index is 6.09. The summed E-state index contributed by atoms with van der Waals surface area (Å²) in [5, 5.41) is 0. The van der Waals surface area contributed by atoms with Gasteiger partial charge in [-0.25, -0.2) is 4.98 Å². The molecule has 1 saturated heterocycles. The lowest BCUT2D eigenvalue weighted by Gasteiger charge is -2.24. The Labute approximate surface area is 139 Å². The Balaban J connectivity index is 1.64. The van der Waals surface area contributed by atoms with Gasteiger partial charge in [-0.1, -0.05) is 44.2 Å². The minimum atomic E-state index is 0.230. The van der Waals surface area contributed by atoms with E-state index in [0.29, 0.717) is 5.92 Å². The third-order valence-corrected chi connectivity index (χ3v) is 4.35. The summed E-state index contributed by atoms with van der Waals surface area (Å²) in [4.78, 5) is 7.00. The Hall–Kier alpha value is -1.65. The lowest BCUT2D eigenvalue weighted by atomic mass is 10.2. The molecule has 1 aliphatic heterocycles. The largest absolute Gasteiger partial charge is 0.375 e. The van der Waals surface area contributed by atoms with Crippen LogP contribution >= 0.6 is 0 Å². The highest BCUT2D eigenvalue weighted by Crippen LogP contribution is 2.16. The molecule has 23 heavy (non-hydrogen) atoms. The zero-order valence-electron chi connectivity index (χ0n) is 14.2. The average molecular weight is 313 g/mol. The molecule has 1 aromatic carbocycles. The maximum absolute atomic E-state index is 6.09. The number of nitrogens with zero attached hydrogens (tertiary/aromatic N) is 3.